The molecule has 0 aliphatic heterocycles. The quantitative estimate of drug-likeness (QED) is 0.721. The lowest BCUT2D eigenvalue weighted by molar-refractivity contribution is 1.13. The molecule has 0 aromatic heterocycles. The van der Waals surface area contributed by atoms with Crippen LogP contribution in [0.4, 0.5) is 0 Å². The van der Waals surface area contributed by atoms with E-state index in [9.17, 15) is 0 Å². The Hall–Kier alpha value is -1.34. The third kappa shape index (κ3) is 3.30. The van der Waals surface area contributed by atoms with E-state index in [2.05, 4.69) is 62.4 Å². The largest absolute Gasteiger partial charge is 0.0638 e. The predicted molar refractivity (Wildman–Crippen MR) is 79.0 cm³/mol. The summed E-state index contributed by atoms with van der Waals surface area (Å²) < 4.78 is 0. The summed E-state index contributed by atoms with van der Waals surface area (Å²) in [7, 11) is -0.106. The van der Waals surface area contributed by atoms with Crippen LogP contribution >= 0.6 is 0 Å². The van der Waals surface area contributed by atoms with Crippen molar-refractivity contribution in [1.82, 2.24) is 0 Å². The highest BCUT2D eigenvalue weighted by molar-refractivity contribution is 6.54. The molecular weight excluding hydrogens is 220 g/mol. The number of hydrogen-bond acceptors (Lipinski definition) is 0. The van der Waals surface area contributed by atoms with Gasteiger partial charge in [-0.3, -0.25) is 0 Å². The number of rotatable bonds is 4. The van der Waals surface area contributed by atoms with Crippen LogP contribution in [0.25, 0.3) is 0 Å². The van der Waals surface area contributed by atoms with Gasteiger partial charge < -0.3 is 0 Å². The van der Waals surface area contributed by atoms with Crippen molar-refractivity contribution >= 4 is 14.7 Å². The van der Waals surface area contributed by atoms with Gasteiger partial charge >= 0.3 is 0 Å². The van der Waals surface area contributed by atoms with Crippen LogP contribution < -0.4 is 5.19 Å². The Labute approximate surface area is 107 Å². The summed E-state index contributed by atoms with van der Waals surface area (Å²) in [6.07, 6.45) is 1.24. The molecule has 2 aromatic carbocycles. The molecule has 0 radical (unpaired) electrons. The summed E-state index contributed by atoms with van der Waals surface area (Å²) in [5.74, 6) is 0. The highest BCUT2D eigenvalue weighted by atomic mass is 28.2. The summed E-state index contributed by atoms with van der Waals surface area (Å²) in [6, 6.07) is 18.9. The average Bonchev–Trinajstić information content (AvgIpc) is 2.36. The molecule has 17 heavy (non-hydrogen) atoms. The van der Waals surface area contributed by atoms with Gasteiger partial charge in [-0.1, -0.05) is 59.8 Å². The minimum absolute atomic E-state index is 0.106. The Kier molecular flexibility index (Phi) is 4.16. The first-order valence-electron chi connectivity index (χ1n) is 6.36. The summed E-state index contributed by atoms with van der Waals surface area (Å²) in [4.78, 5) is 0. The van der Waals surface area contributed by atoms with E-state index in [4.69, 9.17) is 0 Å². The smallest absolute Gasteiger partial charge is 0.0554 e. The molecule has 0 saturated carbocycles. The molecule has 0 aliphatic carbocycles. The van der Waals surface area contributed by atoms with Crippen LogP contribution in [0.5, 0.6) is 0 Å². The molecule has 0 spiro atoms. The van der Waals surface area contributed by atoms with Gasteiger partial charge in [-0.25, -0.2) is 0 Å². The lowest BCUT2D eigenvalue weighted by atomic mass is 10.1. The molecule has 0 aliphatic rings. The van der Waals surface area contributed by atoms with Gasteiger partial charge in [0.1, 0.15) is 0 Å². The summed E-state index contributed by atoms with van der Waals surface area (Å²) in [5.41, 5.74) is 4.44. The summed E-state index contributed by atoms with van der Waals surface area (Å²) in [5, 5.41) is 1.64. The second kappa shape index (κ2) is 5.83. The van der Waals surface area contributed by atoms with Gasteiger partial charge in [-0.2, -0.15) is 0 Å². The molecular formula is C16H20Si. The summed E-state index contributed by atoms with van der Waals surface area (Å²) >= 11 is 0. The van der Waals surface area contributed by atoms with E-state index in [1.807, 2.05) is 0 Å². The van der Waals surface area contributed by atoms with Crippen molar-refractivity contribution in [1.29, 1.82) is 0 Å². The molecule has 0 heterocycles. The lowest BCUT2D eigenvalue weighted by Gasteiger charge is -2.07. The van der Waals surface area contributed by atoms with Crippen LogP contribution in [-0.4, -0.2) is 9.52 Å². The molecule has 0 bridgehead atoms. The molecule has 0 fully saturated rings. The van der Waals surface area contributed by atoms with Crippen molar-refractivity contribution in [3.63, 3.8) is 0 Å². The minimum atomic E-state index is -0.106. The fourth-order valence-electron chi connectivity index (χ4n) is 2.21. The van der Waals surface area contributed by atoms with E-state index in [0.717, 1.165) is 0 Å². The summed E-state index contributed by atoms with van der Waals surface area (Å²) in [6.45, 7) is 4.48. The van der Waals surface area contributed by atoms with Crippen molar-refractivity contribution in [3.8, 4) is 0 Å². The molecule has 88 valence electrons. The van der Waals surface area contributed by atoms with Gasteiger partial charge in [0, 0.05) is 0 Å². The second-order valence-corrected chi connectivity index (χ2v) is 6.67. The molecule has 0 unspecified atom stereocenters. The SMILES string of the molecule is Cc1cccc([SiH2]CCc2ccccc2)c1C. The minimum Gasteiger partial charge on any atom is -0.0638 e. The third-order valence-corrected chi connectivity index (χ3v) is 5.48. The zero-order chi connectivity index (χ0) is 12.1. The maximum Gasteiger partial charge on any atom is 0.0554 e. The number of hydrogen-bond donors (Lipinski definition) is 0. The average molecular weight is 240 g/mol. The Bertz CT molecular complexity index is 474. The molecule has 2 aromatic rings. The zero-order valence-electron chi connectivity index (χ0n) is 10.7. The fourth-order valence-corrected chi connectivity index (χ4v) is 4.13. The molecule has 0 nitrogen and oxygen atoms in total. The van der Waals surface area contributed by atoms with Gasteiger partial charge in [0.15, 0.2) is 0 Å². The number of benzene rings is 2. The van der Waals surface area contributed by atoms with E-state index in [1.54, 1.807) is 5.19 Å². The molecule has 2 rings (SSSR count). The Morgan fingerprint density at radius 1 is 0.882 bits per heavy atom. The lowest BCUT2D eigenvalue weighted by Crippen LogP contribution is -2.18. The predicted octanol–water partition coefficient (Wildman–Crippen LogP) is 2.76. The van der Waals surface area contributed by atoms with Gasteiger partial charge in [0.2, 0.25) is 0 Å². The van der Waals surface area contributed by atoms with Crippen molar-refractivity contribution in [2.24, 2.45) is 0 Å². The van der Waals surface area contributed by atoms with Crippen molar-refractivity contribution in [2.45, 2.75) is 26.3 Å². The molecule has 0 atom stereocenters. The van der Waals surface area contributed by atoms with Crippen LogP contribution in [0, 0.1) is 13.8 Å². The van der Waals surface area contributed by atoms with Crippen molar-refractivity contribution in [3.05, 3.63) is 65.2 Å². The molecule has 1 heteroatoms. The highest BCUT2D eigenvalue weighted by Crippen LogP contribution is 2.05. The molecule has 0 amide bonds. The van der Waals surface area contributed by atoms with Crippen molar-refractivity contribution in [2.75, 3.05) is 0 Å². The first-order chi connectivity index (χ1) is 8.27. The zero-order valence-corrected chi connectivity index (χ0v) is 12.2. The normalized spacial score (nSPS) is 11.2. The van der Waals surface area contributed by atoms with Crippen LogP contribution in [0.15, 0.2) is 48.5 Å². The standard InChI is InChI=1S/C16H20Si/c1-13-7-6-10-16(14(13)2)17-12-11-15-8-4-3-5-9-15/h3-10H,11-12,17H2,1-2H3. The first-order valence-corrected chi connectivity index (χ1v) is 8.07. The van der Waals surface area contributed by atoms with Gasteiger partial charge in [0.05, 0.1) is 9.52 Å². The van der Waals surface area contributed by atoms with Crippen molar-refractivity contribution < 1.29 is 0 Å². The topological polar surface area (TPSA) is 0 Å². The van der Waals surface area contributed by atoms with Crippen LogP contribution in [-0.2, 0) is 6.42 Å². The Morgan fingerprint density at radius 3 is 2.41 bits per heavy atom. The Morgan fingerprint density at radius 2 is 1.65 bits per heavy atom. The van der Waals surface area contributed by atoms with Crippen LogP contribution in [0.1, 0.15) is 16.7 Å². The van der Waals surface area contributed by atoms with Crippen LogP contribution in [0.3, 0.4) is 0 Å². The maximum atomic E-state index is 2.32. The highest BCUT2D eigenvalue weighted by Gasteiger charge is 2.01. The van der Waals surface area contributed by atoms with E-state index < -0.39 is 0 Å². The van der Waals surface area contributed by atoms with E-state index in [1.165, 1.54) is 29.2 Å². The number of aryl methyl sites for hydroxylation is 2. The van der Waals surface area contributed by atoms with E-state index in [0.29, 0.717) is 0 Å². The third-order valence-electron chi connectivity index (χ3n) is 3.47. The second-order valence-electron chi connectivity index (χ2n) is 4.70. The van der Waals surface area contributed by atoms with Crippen LogP contribution in [0.2, 0.25) is 6.04 Å². The fraction of sp³-hybridized carbons (Fsp3) is 0.250. The maximum absolute atomic E-state index is 2.32. The van der Waals surface area contributed by atoms with E-state index in [-0.39, 0.29) is 9.52 Å². The molecule has 0 saturated heterocycles. The molecule has 0 N–H and O–H groups in total. The Balaban J connectivity index is 1.93. The van der Waals surface area contributed by atoms with Gasteiger partial charge in [-0.05, 0) is 37.0 Å². The van der Waals surface area contributed by atoms with Gasteiger partial charge in [0.25, 0.3) is 0 Å². The monoisotopic (exact) mass is 240 g/mol. The first kappa shape index (κ1) is 12.1. The van der Waals surface area contributed by atoms with Gasteiger partial charge in [-0.15, -0.1) is 0 Å². The van der Waals surface area contributed by atoms with E-state index >= 15 is 0 Å².